The summed E-state index contributed by atoms with van der Waals surface area (Å²) >= 11 is 5.81. The Hall–Kier alpha value is -4.44. The van der Waals surface area contributed by atoms with Crippen molar-refractivity contribution in [3.8, 4) is 17.6 Å². The van der Waals surface area contributed by atoms with Crippen LogP contribution in [0.2, 0.25) is 5.02 Å². The lowest BCUT2D eigenvalue weighted by molar-refractivity contribution is -0.122. The number of Topliss-reactive ketones (excluding diaryl/α,β-unsaturated/α-hetero) is 1. The van der Waals surface area contributed by atoms with E-state index in [1.165, 1.54) is 17.7 Å². The van der Waals surface area contributed by atoms with E-state index in [2.05, 4.69) is 47.6 Å². The summed E-state index contributed by atoms with van der Waals surface area (Å²) in [6.45, 7) is 5.10. The Balaban J connectivity index is 1.31. The summed E-state index contributed by atoms with van der Waals surface area (Å²) in [6, 6.07) is 29.9. The van der Waals surface area contributed by atoms with Gasteiger partial charge in [0.25, 0.3) is 5.91 Å². The van der Waals surface area contributed by atoms with Crippen molar-refractivity contribution in [3.05, 3.63) is 136 Å². The van der Waals surface area contributed by atoms with Crippen LogP contribution in [-0.2, 0) is 17.8 Å². The molecular formula is C37H36ClFN2O3. The number of ketones is 1. The van der Waals surface area contributed by atoms with Gasteiger partial charge in [0.1, 0.15) is 24.0 Å². The molecule has 0 heterocycles. The van der Waals surface area contributed by atoms with Gasteiger partial charge in [0, 0.05) is 42.6 Å². The summed E-state index contributed by atoms with van der Waals surface area (Å²) in [5.74, 6) is 5.60. The first kappa shape index (κ1) is 32.5. The fourth-order valence-corrected chi connectivity index (χ4v) is 4.90. The first-order valence-corrected chi connectivity index (χ1v) is 15.0. The number of ether oxygens (including phenoxy) is 1. The van der Waals surface area contributed by atoms with E-state index in [-0.39, 0.29) is 35.6 Å². The molecule has 0 aliphatic rings. The zero-order valence-corrected chi connectivity index (χ0v) is 25.7. The van der Waals surface area contributed by atoms with Gasteiger partial charge in [-0.05, 0) is 72.5 Å². The van der Waals surface area contributed by atoms with E-state index in [1.807, 2.05) is 60.7 Å². The highest BCUT2D eigenvalue weighted by Gasteiger charge is 2.19. The number of amides is 1. The molecule has 4 aromatic carbocycles. The molecule has 0 fully saturated rings. The van der Waals surface area contributed by atoms with Gasteiger partial charge in [-0.2, -0.15) is 0 Å². The molecule has 0 bridgehead atoms. The monoisotopic (exact) mass is 610 g/mol. The summed E-state index contributed by atoms with van der Waals surface area (Å²) in [5, 5.41) is 6.20. The minimum Gasteiger partial charge on any atom is -0.481 e. The lowest BCUT2D eigenvalue weighted by Gasteiger charge is -2.16. The molecule has 1 amide bonds. The van der Waals surface area contributed by atoms with E-state index in [9.17, 15) is 14.0 Å². The van der Waals surface area contributed by atoms with Gasteiger partial charge in [0.15, 0.2) is 0 Å². The molecule has 2 N–H and O–H groups in total. The zero-order valence-electron chi connectivity index (χ0n) is 24.9. The summed E-state index contributed by atoms with van der Waals surface area (Å²) in [7, 11) is 0. The Labute approximate surface area is 263 Å². The van der Waals surface area contributed by atoms with Crippen molar-refractivity contribution in [1.29, 1.82) is 0 Å². The van der Waals surface area contributed by atoms with E-state index in [4.69, 9.17) is 16.3 Å². The van der Waals surface area contributed by atoms with Crippen molar-refractivity contribution < 1.29 is 18.7 Å². The van der Waals surface area contributed by atoms with Crippen LogP contribution in [0.4, 0.5) is 4.39 Å². The molecule has 4 rings (SSSR count). The van der Waals surface area contributed by atoms with Crippen molar-refractivity contribution >= 4 is 23.3 Å². The third-order valence-corrected chi connectivity index (χ3v) is 7.55. The standard InChI is InChI=1S/C37H36ClFN2O3/c1-3-36(42)32(25-41-37(43)31-17-18-35(39)34(38)23-31)21-29-13-7-12-27(20-29)14-9-19-44-33-16-8-15-30(22-33)26(2)40-24-28-10-5-4-6-11-28/h4-8,10-13,15-18,20,22-23,26,32,40H,3,19,21,24-25H2,1-2H3,(H,41,43). The Morgan fingerprint density at radius 2 is 1.70 bits per heavy atom. The van der Waals surface area contributed by atoms with Crippen LogP contribution in [0, 0.1) is 23.6 Å². The third kappa shape index (κ3) is 9.80. The maximum atomic E-state index is 13.5. The smallest absolute Gasteiger partial charge is 0.251 e. The minimum absolute atomic E-state index is 0.0409. The molecule has 0 spiro atoms. The predicted molar refractivity (Wildman–Crippen MR) is 173 cm³/mol. The van der Waals surface area contributed by atoms with Crippen LogP contribution in [0.15, 0.2) is 97.1 Å². The predicted octanol–water partition coefficient (Wildman–Crippen LogP) is 7.33. The van der Waals surface area contributed by atoms with Gasteiger partial charge in [-0.15, -0.1) is 0 Å². The normalized spacial score (nSPS) is 12.0. The number of carbonyl (C=O) groups is 2. The maximum absolute atomic E-state index is 13.5. The van der Waals surface area contributed by atoms with Crippen LogP contribution in [0.1, 0.15) is 58.9 Å². The number of carbonyl (C=O) groups excluding carboxylic acids is 2. The molecule has 2 atom stereocenters. The number of nitrogens with one attached hydrogen (secondary N) is 2. The molecule has 2 unspecified atom stereocenters. The largest absolute Gasteiger partial charge is 0.481 e. The van der Waals surface area contributed by atoms with Crippen LogP contribution in [0.5, 0.6) is 5.75 Å². The van der Waals surface area contributed by atoms with Crippen LogP contribution in [-0.4, -0.2) is 24.8 Å². The number of rotatable bonds is 13. The summed E-state index contributed by atoms with van der Waals surface area (Å²) < 4.78 is 19.4. The van der Waals surface area contributed by atoms with Gasteiger partial charge < -0.3 is 15.4 Å². The highest BCUT2D eigenvalue weighted by atomic mass is 35.5. The Bertz CT molecular complexity index is 1630. The molecule has 226 valence electrons. The van der Waals surface area contributed by atoms with E-state index < -0.39 is 17.6 Å². The minimum atomic E-state index is -0.594. The number of hydrogen-bond donors (Lipinski definition) is 2. The average Bonchev–Trinajstić information content (AvgIpc) is 3.05. The topological polar surface area (TPSA) is 67.4 Å². The summed E-state index contributed by atoms with van der Waals surface area (Å²) in [6.07, 6.45) is 0.801. The molecule has 0 saturated carbocycles. The number of hydrogen-bond acceptors (Lipinski definition) is 4. The SMILES string of the molecule is CCC(=O)C(CNC(=O)c1ccc(F)c(Cl)c1)Cc1cccc(C#CCOc2cccc(C(C)NCc3ccccc3)c2)c1. The summed E-state index contributed by atoms with van der Waals surface area (Å²) in [4.78, 5) is 25.3. The quantitative estimate of drug-likeness (QED) is 0.156. The van der Waals surface area contributed by atoms with Crippen LogP contribution in [0.25, 0.3) is 0 Å². The molecule has 4 aromatic rings. The van der Waals surface area contributed by atoms with Gasteiger partial charge in [-0.1, -0.05) is 85.0 Å². The molecule has 7 heteroatoms. The highest BCUT2D eigenvalue weighted by Crippen LogP contribution is 2.20. The van der Waals surface area contributed by atoms with Crippen molar-refractivity contribution in [1.82, 2.24) is 10.6 Å². The van der Waals surface area contributed by atoms with E-state index in [0.717, 1.165) is 35.1 Å². The van der Waals surface area contributed by atoms with Crippen LogP contribution in [0.3, 0.4) is 0 Å². The average molecular weight is 611 g/mol. The highest BCUT2D eigenvalue weighted by molar-refractivity contribution is 6.31. The Morgan fingerprint density at radius 3 is 2.48 bits per heavy atom. The fourth-order valence-electron chi connectivity index (χ4n) is 4.72. The van der Waals surface area contributed by atoms with Crippen LogP contribution < -0.4 is 15.4 Å². The second-order valence-electron chi connectivity index (χ2n) is 10.5. The molecule has 0 radical (unpaired) electrons. The molecule has 0 aliphatic heterocycles. The molecule has 0 aliphatic carbocycles. The fraction of sp³-hybridized carbons (Fsp3) is 0.243. The van der Waals surface area contributed by atoms with Gasteiger partial charge in [0.05, 0.1) is 5.02 Å². The van der Waals surface area contributed by atoms with Crippen LogP contribution >= 0.6 is 11.6 Å². The van der Waals surface area contributed by atoms with Gasteiger partial charge in [-0.3, -0.25) is 9.59 Å². The molecule has 5 nitrogen and oxygen atoms in total. The number of halogens is 2. The molecule has 44 heavy (non-hydrogen) atoms. The van der Waals surface area contributed by atoms with E-state index in [0.29, 0.717) is 12.8 Å². The lowest BCUT2D eigenvalue weighted by Crippen LogP contribution is -2.34. The first-order valence-electron chi connectivity index (χ1n) is 14.7. The first-order chi connectivity index (χ1) is 21.3. The second kappa shape index (κ2) is 16.4. The summed E-state index contributed by atoms with van der Waals surface area (Å²) in [5.41, 5.74) is 4.35. The van der Waals surface area contributed by atoms with Crippen molar-refractivity contribution in [3.63, 3.8) is 0 Å². The Kier molecular flexibility index (Phi) is 12.1. The molecular weight excluding hydrogens is 575 g/mol. The van der Waals surface area contributed by atoms with Crippen molar-refractivity contribution in [2.45, 2.75) is 39.3 Å². The molecule has 0 saturated heterocycles. The van der Waals surface area contributed by atoms with E-state index >= 15 is 0 Å². The number of benzene rings is 4. The second-order valence-corrected chi connectivity index (χ2v) is 10.9. The van der Waals surface area contributed by atoms with Crippen molar-refractivity contribution in [2.75, 3.05) is 13.2 Å². The molecule has 0 aromatic heterocycles. The van der Waals surface area contributed by atoms with Gasteiger partial charge in [-0.25, -0.2) is 4.39 Å². The third-order valence-electron chi connectivity index (χ3n) is 7.26. The van der Waals surface area contributed by atoms with E-state index in [1.54, 1.807) is 6.92 Å². The Morgan fingerprint density at radius 1 is 0.932 bits per heavy atom. The van der Waals surface area contributed by atoms with Gasteiger partial charge >= 0.3 is 0 Å². The maximum Gasteiger partial charge on any atom is 0.251 e. The lowest BCUT2D eigenvalue weighted by atomic mass is 9.93. The van der Waals surface area contributed by atoms with Gasteiger partial charge in [0.2, 0.25) is 0 Å². The zero-order chi connectivity index (χ0) is 31.3. The van der Waals surface area contributed by atoms with Crippen molar-refractivity contribution in [2.24, 2.45) is 5.92 Å².